The molecule has 0 saturated carbocycles. The fourth-order valence-electron chi connectivity index (χ4n) is 2.34. The number of hydrogen-bond donors (Lipinski definition) is 1. The highest BCUT2D eigenvalue weighted by atomic mass is 16.5. The van der Waals surface area contributed by atoms with Crippen LogP contribution >= 0.6 is 0 Å². The van der Waals surface area contributed by atoms with Crippen LogP contribution in [0.3, 0.4) is 0 Å². The van der Waals surface area contributed by atoms with Gasteiger partial charge >= 0.3 is 0 Å². The average Bonchev–Trinajstić information content (AvgIpc) is 2.95. The third kappa shape index (κ3) is 3.61. The maximum absolute atomic E-state index is 12.2. The first-order chi connectivity index (χ1) is 11.2. The summed E-state index contributed by atoms with van der Waals surface area (Å²) in [6, 6.07) is 23.2. The first kappa shape index (κ1) is 14.9. The van der Waals surface area contributed by atoms with Gasteiger partial charge in [-0.05, 0) is 31.2 Å². The number of hydrogen-bond acceptors (Lipinski definition) is 2. The number of nitrogens with one attached hydrogen (secondary N) is 1. The van der Waals surface area contributed by atoms with Crippen LogP contribution in [0.15, 0.2) is 72.8 Å². The minimum atomic E-state index is -0.203. The number of rotatable bonds is 5. The van der Waals surface area contributed by atoms with Crippen LogP contribution in [0.4, 0.5) is 0 Å². The zero-order valence-electron chi connectivity index (χ0n) is 12.9. The second-order valence-corrected chi connectivity index (χ2v) is 5.20. The highest BCUT2D eigenvalue weighted by molar-refractivity contribution is 5.86. The molecule has 0 aliphatic carbocycles. The van der Waals surface area contributed by atoms with Crippen LogP contribution in [0, 0.1) is 6.92 Å². The molecular formula is C19H18N2O2. The van der Waals surface area contributed by atoms with Crippen molar-refractivity contribution in [3.8, 4) is 17.0 Å². The summed E-state index contributed by atoms with van der Waals surface area (Å²) in [5, 5.41) is 0. The molecule has 1 amide bonds. The molecule has 0 fully saturated rings. The van der Waals surface area contributed by atoms with Crippen molar-refractivity contribution in [2.45, 2.75) is 6.92 Å². The Morgan fingerprint density at radius 3 is 2.30 bits per heavy atom. The topological polar surface area (TPSA) is 43.3 Å². The molecule has 0 bridgehead atoms. The van der Waals surface area contributed by atoms with Gasteiger partial charge in [0.25, 0.3) is 5.91 Å². The molecule has 0 unspecified atom stereocenters. The molecule has 3 aromatic rings. The van der Waals surface area contributed by atoms with Gasteiger partial charge in [0, 0.05) is 11.3 Å². The number of ether oxygens (including phenoxy) is 1. The molecule has 0 aliphatic heterocycles. The Bertz CT molecular complexity index is 780. The lowest BCUT2D eigenvalue weighted by Gasteiger charge is -2.14. The molecule has 1 N–H and O–H groups in total. The maximum atomic E-state index is 12.2. The lowest BCUT2D eigenvalue weighted by Crippen LogP contribution is -2.29. The number of carbonyl (C=O) groups excluding carboxylic acids is 1. The number of amides is 1. The number of nitrogens with zero attached hydrogens (tertiary/aromatic N) is 1. The summed E-state index contributed by atoms with van der Waals surface area (Å²) in [5.74, 6) is 0.473. The third-order valence-electron chi connectivity index (χ3n) is 3.50. The van der Waals surface area contributed by atoms with E-state index in [0.717, 1.165) is 17.0 Å². The molecule has 4 nitrogen and oxygen atoms in total. The summed E-state index contributed by atoms with van der Waals surface area (Å²) in [4.78, 5) is 12.2. The number of carbonyl (C=O) groups is 1. The van der Waals surface area contributed by atoms with E-state index in [0.29, 0.717) is 5.75 Å². The second kappa shape index (κ2) is 6.83. The Labute approximate surface area is 135 Å². The Morgan fingerprint density at radius 2 is 1.61 bits per heavy atom. The van der Waals surface area contributed by atoms with Gasteiger partial charge in [-0.15, -0.1) is 0 Å². The van der Waals surface area contributed by atoms with Crippen molar-refractivity contribution in [1.82, 2.24) is 4.68 Å². The summed E-state index contributed by atoms with van der Waals surface area (Å²) < 4.78 is 7.26. The molecule has 0 atom stereocenters. The van der Waals surface area contributed by atoms with Gasteiger partial charge in [-0.25, -0.2) is 0 Å². The van der Waals surface area contributed by atoms with Crippen LogP contribution in [0.5, 0.6) is 5.75 Å². The first-order valence-electron chi connectivity index (χ1n) is 7.45. The van der Waals surface area contributed by atoms with Crippen molar-refractivity contribution < 1.29 is 9.53 Å². The van der Waals surface area contributed by atoms with Gasteiger partial charge in [-0.2, -0.15) is 0 Å². The molecule has 4 heteroatoms. The van der Waals surface area contributed by atoms with Crippen LogP contribution in [0.1, 0.15) is 5.69 Å². The zero-order valence-corrected chi connectivity index (χ0v) is 12.9. The van der Waals surface area contributed by atoms with Crippen molar-refractivity contribution >= 4 is 5.91 Å². The molecular weight excluding hydrogens is 288 g/mol. The van der Waals surface area contributed by atoms with Gasteiger partial charge in [-0.3, -0.25) is 14.9 Å². The van der Waals surface area contributed by atoms with Gasteiger partial charge < -0.3 is 4.74 Å². The van der Waals surface area contributed by atoms with E-state index >= 15 is 0 Å². The smallest absolute Gasteiger partial charge is 0.276 e. The Kier molecular flexibility index (Phi) is 4.43. The Hall–Kier alpha value is -3.01. The molecule has 0 radical (unpaired) electrons. The third-order valence-corrected chi connectivity index (χ3v) is 3.50. The summed E-state index contributed by atoms with van der Waals surface area (Å²) in [6.07, 6.45) is 0. The SMILES string of the molecule is Cc1ccc(-c2ccccc2)n1NC(=O)COc1ccccc1. The quantitative estimate of drug-likeness (QED) is 0.782. The van der Waals surface area contributed by atoms with E-state index in [-0.39, 0.29) is 12.5 Å². The zero-order chi connectivity index (χ0) is 16.1. The van der Waals surface area contributed by atoms with Gasteiger partial charge in [-0.1, -0.05) is 48.5 Å². The summed E-state index contributed by atoms with van der Waals surface area (Å²) in [5.41, 5.74) is 5.82. The summed E-state index contributed by atoms with van der Waals surface area (Å²) in [6.45, 7) is 1.92. The fourth-order valence-corrected chi connectivity index (χ4v) is 2.34. The van der Waals surface area contributed by atoms with E-state index in [1.165, 1.54) is 0 Å². The average molecular weight is 306 g/mol. The predicted molar refractivity (Wildman–Crippen MR) is 90.9 cm³/mol. The summed E-state index contributed by atoms with van der Waals surface area (Å²) >= 11 is 0. The Balaban J connectivity index is 1.70. The van der Waals surface area contributed by atoms with Crippen LogP contribution in [-0.4, -0.2) is 17.2 Å². The van der Waals surface area contributed by atoms with Crippen LogP contribution in [0.25, 0.3) is 11.3 Å². The van der Waals surface area contributed by atoms with E-state index in [4.69, 9.17) is 4.74 Å². The van der Waals surface area contributed by atoms with E-state index in [1.54, 1.807) is 4.68 Å². The van der Waals surface area contributed by atoms with Crippen molar-refractivity contribution in [3.05, 3.63) is 78.5 Å². The largest absolute Gasteiger partial charge is 0.484 e. The van der Waals surface area contributed by atoms with Gasteiger partial charge in [0.05, 0.1) is 5.69 Å². The lowest BCUT2D eigenvalue weighted by molar-refractivity contribution is -0.119. The molecule has 0 aliphatic rings. The van der Waals surface area contributed by atoms with E-state index < -0.39 is 0 Å². The first-order valence-corrected chi connectivity index (χ1v) is 7.45. The van der Waals surface area contributed by atoms with E-state index in [9.17, 15) is 4.79 Å². The number of para-hydroxylation sites is 1. The minimum Gasteiger partial charge on any atom is -0.484 e. The molecule has 1 heterocycles. The standard InChI is InChI=1S/C19H18N2O2/c1-15-12-13-18(16-8-4-2-5-9-16)21(15)20-19(22)14-23-17-10-6-3-7-11-17/h2-13H,14H2,1H3,(H,20,22). The van der Waals surface area contributed by atoms with Crippen molar-refractivity contribution in [3.63, 3.8) is 0 Å². The number of aryl methyl sites for hydroxylation is 1. The molecule has 0 saturated heterocycles. The van der Waals surface area contributed by atoms with Crippen molar-refractivity contribution in [2.24, 2.45) is 0 Å². The monoisotopic (exact) mass is 306 g/mol. The molecule has 3 rings (SSSR count). The fraction of sp³-hybridized carbons (Fsp3) is 0.105. The second-order valence-electron chi connectivity index (χ2n) is 5.20. The number of benzene rings is 2. The predicted octanol–water partition coefficient (Wildman–Crippen LogP) is 3.61. The van der Waals surface area contributed by atoms with E-state index in [2.05, 4.69) is 5.43 Å². The van der Waals surface area contributed by atoms with Crippen LogP contribution in [-0.2, 0) is 4.79 Å². The van der Waals surface area contributed by atoms with Crippen molar-refractivity contribution in [1.29, 1.82) is 0 Å². The molecule has 2 aromatic carbocycles. The minimum absolute atomic E-state index is 0.0319. The molecule has 23 heavy (non-hydrogen) atoms. The Morgan fingerprint density at radius 1 is 0.957 bits per heavy atom. The van der Waals surface area contributed by atoms with Crippen LogP contribution < -0.4 is 10.2 Å². The highest BCUT2D eigenvalue weighted by Crippen LogP contribution is 2.20. The summed E-state index contributed by atoms with van der Waals surface area (Å²) in [7, 11) is 0. The van der Waals surface area contributed by atoms with Gasteiger partial charge in [0.2, 0.25) is 0 Å². The van der Waals surface area contributed by atoms with Gasteiger partial charge in [0.15, 0.2) is 6.61 Å². The van der Waals surface area contributed by atoms with E-state index in [1.807, 2.05) is 79.7 Å². The molecule has 1 aromatic heterocycles. The molecule has 116 valence electrons. The van der Waals surface area contributed by atoms with Gasteiger partial charge in [0.1, 0.15) is 5.75 Å². The lowest BCUT2D eigenvalue weighted by atomic mass is 10.2. The highest BCUT2D eigenvalue weighted by Gasteiger charge is 2.10. The maximum Gasteiger partial charge on any atom is 0.276 e. The van der Waals surface area contributed by atoms with Crippen LogP contribution in [0.2, 0.25) is 0 Å². The normalized spacial score (nSPS) is 10.3. The molecule has 0 spiro atoms. The van der Waals surface area contributed by atoms with Crippen molar-refractivity contribution in [2.75, 3.05) is 12.0 Å². The number of aromatic nitrogens is 1.